The number of hydrogen-bond acceptors (Lipinski definition) is 4. The van der Waals surface area contributed by atoms with E-state index in [1.54, 1.807) is 0 Å². The van der Waals surface area contributed by atoms with Crippen LogP contribution in [0.3, 0.4) is 0 Å². The highest BCUT2D eigenvalue weighted by Crippen LogP contribution is 2.26. The predicted octanol–water partition coefficient (Wildman–Crippen LogP) is 0.956. The number of piperidine rings is 1. The number of rotatable bonds is 4. The van der Waals surface area contributed by atoms with E-state index in [1.807, 2.05) is 0 Å². The van der Waals surface area contributed by atoms with E-state index in [0.29, 0.717) is 12.8 Å². The number of methoxy groups -OCH3 is 1. The van der Waals surface area contributed by atoms with Crippen LogP contribution in [0.1, 0.15) is 25.7 Å². The normalized spacial score (nSPS) is 22.7. The standard InChI is InChI=1S/C9H15F2NO4S/c1-16-8(13)6-7-4-2-3-5-12(7)17(14,15)9(10)11/h7,9H,2-6H2,1H3. The molecule has 17 heavy (non-hydrogen) atoms. The molecule has 1 unspecified atom stereocenters. The molecule has 8 heteroatoms. The average Bonchev–Trinajstić information content (AvgIpc) is 2.29. The molecule has 0 N–H and O–H groups in total. The summed E-state index contributed by atoms with van der Waals surface area (Å²) in [6.45, 7) is 0.0360. The molecule has 1 atom stereocenters. The van der Waals surface area contributed by atoms with Gasteiger partial charge in [-0.3, -0.25) is 4.79 Å². The highest BCUT2D eigenvalue weighted by molar-refractivity contribution is 7.89. The first-order valence-electron chi connectivity index (χ1n) is 5.25. The summed E-state index contributed by atoms with van der Waals surface area (Å²) in [6, 6.07) is -0.713. The lowest BCUT2D eigenvalue weighted by Crippen LogP contribution is -2.46. The fraction of sp³-hybridized carbons (Fsp3) is 0.889. The molecule has 1 heterocycles. The van der Waals surface area contributed by atoms with Gasteiger partial charge < -0.3 is 4.74 Å². The van der Waals surface area contributed by atoms with Crippen LogP contribution in [-0.4, -0.2) is 44.1 Å². The van der Waals surface area contributed by atoms with Crippen LogP contribution in [0.4, 0.5) is 8.78 Å². The molecule has 0 spiro atoms. The first-order chi connectivity index (χ1) is 7.89. The Kier molecular flexibility index (Phi) is 4.81. The molecule has 1 aliphatic heterocycles. The number of ether oxygens (including phenoxy) is 1. The largest absolute Gasteiger partial charge is 0.469 e. The van der Waals surface area contributed by atoms with Crippen LogP contribution in [0.2, 0.25) is 0 Å². The Morgan fingerprint density at radius 2 is 2.12 bits per heavy atom. The van der Waals surface area contributed by atoms with Crippen molar-refractivity contribution in [2.24, 2.45) is 0 Å². The molecule has 0 aliphatic carbocycles. The van der Waals surface area contributed by atoms with E-state index < -0.39 is 27.8 Å². The van der Waals surface area contributed by atoms with Crippen molar-refractivity contribution in [1.82, 2.24) is 4.31 Å². The summed E-state index contributed by atoms with van der Waals surface area (Å²) in [6.07, 6.45) is 1.48. The zero-order valence-electron chi connectivity index (χ0n) is 9.43. The van der Waals surface area contributed by atoms with Crippen molar-refractivity contribution in [2.75, 3.05) is 13.7 Å². The highest BCUT2D eigenvalue weighted by atomic mass is 32.2. The van der Waals surface area contributed by atoms with E-state index in [0.717, 1.165) is 10.7 Å². The van der Waals surface area contributed by atoms with Gasteiger partial charge in [-0.15, -0.1) is 0 Å². The molecule has 100 valence electrons. The van der Waals surface area contributed by atoms with Gasteiger partial charge in [-0.2, -0.15) is 13.1 Å². The smallest absolute Gasteiger partial charge is 0.350 e. The minimum Gasteiger partial charge on any atom is -0.469 e. The predicted molar refractivity (Wildman–Crippen MR) is 55.9 cm³/mol. The second-order valence-corrected chi connectivity index (χ2v) is 5.70. The summed E-state index contributed by atoms with van der Waals surface area (Å²) in [5.74, 6) is -4.04. The molecule has 0 aromatic heterocycles. The molecule has 0 radical (unpaired) electrons. The lowest BCUT2D eigenvalue weighted by molar-refractivity contribution is -0.141. The van der Waals surface area contributed by atoms with Crippen molar-refractivity contribution in [3.63, 3.8) is 0 Å². The van der Waals surface area contributed by atoms with E-state index in [9.17, 15) is 22.0 Å². The Bertz CT molecular complexity index is 371. The first kappa shape index (κ1) is 14.3. The van der Waals surface area contributed by atoms with Crippen LogP contribution in [-0.2, 0) is 19.6 Å². The topological polar surface area (TPSA) is 63.7 Å². The van der Waals surface area contributed by atoms with Gasteiger partial charge in [0.1, 0.15) is 0 Å². The third-order valence-corrected chi connectivity index (χ3v) is 4.34. The van der Waals surface area contributed by atoms with Crippen LogP contribution >= 0.6 is 0 Å². The lowest BCUT2D eigenvalue weighted by atomic mass is 10.0. The van der Waals surface area contributed by atoms with Gasteiger partial charge in [-0.05, 0) is 12.8 Å². The van der Waals surface area contributed by atoms with E-state index in [-0.39, 0.29) is 13.0 Å². The molecular formula is C9H15F2NO4S. The van der Waals surface area contributed by atoms with Crippen LogP contribution in [0.5, 0.6) is 0 Å². The van der Waals surface area contributed by atoms with E-state index in [1.165, 1.54) is 7.11 Å². The fourth-order valence-corrected chi connectivity index (χ4v) is 3.07. The van der Waals surface area contributed by atoms with Gasteiger partial charge in [-0.25, -0.2) is 8.42 Å². The summed E-state index contributed by atoms with van der Waals surface area (Å²) in [4.78, 5) is 11.1. The van der Waals surface area contributed by atoms with Gasteiger partial charge in [0.2, 0.25) is 0 Å². The van der Waals surface area contributed by atoms with Crippen molar-refractivity contribution in [2.45, 2.75) is 37.5 Å². The molecule has 1 fully saturated rings. The zero-order chi connectivity index (χ0) is 13.1. The van der Waals surface area contributed by atoms with Crippen LogP contribution in [0, 0.1) is 0 Å². The van der Waals surface area contributed by atoms with Crippen LogP contribution < -0.4 is 0 Å². The monoisotopic (exact) mass is 271 g/mol. The molecule has 1 saturated heterocycles. The molecule has 1 rings (SSSR count). The Hall–Kier alpha value is -0.760. The second kappa shape index (κ2) is 5.72. The molecule has 0 aromatic carbocycles. The fourth-order valence-electron chi connectivity index (χ4n) is 1.89. The number of nitrogens with zero attached hydrogens (tertiary/aromatic N) is 1. The van der Waals surface area contributed by atoms with Crippen molar-refractivity contribution >= 4 is 16.0 Å². The maximum absolute atomic E-state index is 12.4. The number of sulfonamides is 1. The quantitative estimate of drug-likeness (QED) is 0.714. The van der Waals surface area contributed by atoms with Crippen molar-refractivity contribution in [3.8, 4) is 0 Å². The van der Waals surface area contributed by atoms with E-state index >= 15 is 0 Å². The van der Waals surface area contributed by atoms with Gasteiger partial charge in [-0.1, -0.05) is 6.42 Å². The second-order valence-electron chi connectivity index (χ2n) is 3.85. The summed E-state index contributed by atoms with van der Waals surface area (Å²) in [7, 11) is -3.43. The maximum Gasteiger partial charge on any atom is 0.350 e. The number of carbonyl (C=O) groups excluding carboxylic acids is 1. The van der Waals surface area contributed by atoms with Crippen molar-refractivity contribution < 1.29 is 26.7 Å². The lowest BCUT2D eigenvalue weighted by Gasteiger charge is -2.33. The van der Waals surface area contributed by atoms with Crippen LogP contribution in [0.25, 0.3) is 0 Å². The molecule has 1 aliphatic rings. The zero-order valence-corrected chi connectivity index (χ0v) is 10.3. The van der Waals surface area contributed by atoms with Crippen molar-refractivity contribution in [3.05, 3.63) is 0 Å². The average molecular weight is 271 g/mol. The first-order valence-corrected chi connectivity index (χ1v) is 6.75. The molecule has 0 aromatic rings. The van der Waals surface area contributed by atoms with Gasteiger partial charge in [0, 0.05) is 12.6 Å². The van der Waals surface area contributed by atoms with Gasteiger partial charge in [0.05, 0.1) is 13.5 Å². The Morgan fingerprint density at radius 3 is 2.65 bits per heavy atom. The number of carbonyl (C=O) groups is 1. The molecular weight excluding hydrogens is 256 g/mol. The van der Waals surface area contributed by atoms with Gasteiger partial charge in [0.15, 0.2) is 0 Å². The molecule has 5 nitrogen and oxygen atoms in total. The van der Waals surface area contributed by atoms with E-state index in [2.05, 4.69) is 4.74 Å². The minimum atomic E-state index is -4.61. The Labute approximate surface area is 98.8 Å². The minimum absolute atomic E-state index is 0.0360. The number of esters is 1. The molecule has 0 saturated carbocycles. The van der Waals surface area contributed by atoms with Gasteiger partial charge in [0.25, 0.3) is 10.0 Å². The third kappa shape index (κ3) is 3.35. The summed E-state index contributed by atoms with van der Waals surface area (Å²) >= 11 is 0. The number of hydrogen-bond donors (Lipinski definition) is 0. The summed E-state index contributed by atoms with van der Waals surface area (Å²) < 4.78 is 52.8. The summed E-state index contributed by atoms with van der Waals surface area (Å²) in [5, 5.41) is 0. The molecule has 0 amide bonds. The highest BCUT2D eigenvalue weighted by Gasteiger charge is 2.39. The SMILES string of the molecule is COC(=O)CC1CCCCN1S(=O)(=O)C(F)F. The Morgan fingerprint density at radius 1 is 1.47 bits per heavy atom. The van der Waals surface area contributed by atoms with E-state index in [4.69, 9.17) is 0 Å². The van der Waals surface area contributed by atoms with Crippen LogP contribution in [0.15, 0.2) is 0 Å². The number of halogens is 2. The number of alkyl halides is 2. The summed E-state index contributed by atoms with van der Waals surface area (Å²) in [5.41, 5.74) is 0. The maximum atomic E-state index is 12.4. The molecule has 0 bridgehead atoms. The Balaban J connectivity index is 2.83. The van der Waals surface area contributed by atoms with Crippen molar-refractivity contribution in [1.29, 1.82) is 0 Å². The van der Waals surface area contributed by atoms with Gasteiger partial charge >= 0.3 is 11.7 Å². The third-order valence-electron chi connectivity index (χ3n) is 2.76.